The van der Waals surface area contributed by atoms with E-state index in [-0.39, 0.29) is 6.61 Å². The van der Waals surface area contributed by atoms with E-state index in [1.54, 1.807) is 0 Å². The normalized spacial score (nSPS) is 12.6. The minimum atomic E-state index is -0.578. The van der Waals surface area contributed by atoms with Gasteiger partial charge in [0.05, 0.1) is 0 Å². The largest absolute Gasteiger partial charge is 0.384 e. The van der Waals surface area contributed by atoms with Crippen LogP contribution in [0.25, 0.3) is 0 Å². The second-order valence-corrected chi connectivity index (χ2v) is 7.61. The molecule has 0 bridgehead atoms. The maximum atomic E-state index is 9.68. The van der Waals surface area contributed by atoms with Crippen LogP contribution in [-0.4, -0.2) is 22.9 Å². The van der Waals surface area contributed by atoms with Crippen LogP contribution in [0, 0.1) is 29.6 Å². The third-order valence-electron chi connectivity index (χ3n) is 4.94. The van der Waals surface area contributed by atoms with Crippen LogP contribution in [0.15, 0.2) is 0 Å². The number of unbranched alkanes of at least 4 members (excludes halogenated alkanes) is 10. The molecule has 0 saturated heterocycles. The number of aliphatic hydroxyl groups is 2. The van der Waals surface area contributed by atoms with Gasteiger partial charge in [0.1, 0.15) is 12.7 Å². The fourth-order valence-corrected chi connectivity index (χ4v) is 3.23. The molecule has 0 fully saturated rings. The van der Waals surface area contributed by atoms with E-state index in [4.69, 9.17) is 5.11 Å². The van der Waals surface area contributed by atoms with Gasteiger partial charge in [-0.05, 0) is 30.6 Å². The van der Waals surface area contributed by atoms with Gasteiger partial charge in [-0.1, -0.05) is 109 Å². The summed E-state index contributed by atoms with van der Waals surface area (Å²) < 4.78 is 0. The van der Waals surface area contributed by atoms with E-state index in [1.807, 2.05) is 0 Å². The minimum Gasteiger partial charge on any atom is -0.384 e. The van der Waals surface area contributed by atoms with Gasteiger partial charge in [0.25, 0.3) is 0 Å². The molecule has 0 spiro atoms. The van der Waals surface area contributed by atoms with Gasteiger partial charge in [-0.3, -0.25) is 0 Å². The zero-order valence-corrected chi connectivity index (χ0v) is 17.4. The summed E-state index contributed by atoms with van der Waals surface area (Å²) in [4.78, 5) is 0. The Morgan fingerprint density at radius 1 is 0.692 bits per heavy atom. The molecule has 0 amide bonds. The molecule has 0 aromatic rings. The molecule has 0 aliphatic heterocycles. The van der Waals surface area contributed by atoms with Gasteiger partial charge in [-0.2, -0.15) is 0 Å². The predicted molar refractivity (Wildman–Crippen MR) is 113 cm³/mol. The molecule has 2 atom stereocenters. The van der Waals surface area contributed by atoms with Crippen molar-refractivity contribution in [2.75, 3.05) is 6.61 Å². The number of hydrogen-bond donors (Lipinski definition) is 2. The Morgan fingerprint density at radius 2 is 1.19 bits per heavy atom. The van der Waals surface area contributed by atoms with Crippen molar-refractivity contribution in [2.24, 2.45) is 5.92 Å². The first-order valence-electron chi connectivity index (χ1n) is 11.0. The molecule has 0 aliphatic rings. The van der Waals surface area contributed by atoms with E-state index in [2.05, 4.69) is 37.5 Å². The summed E-state index contributed by atoms with van der Waals surface area (Å²) in [6, 6.07) is 0. The SMILES string of the molecule is CCCCCCCCC(C)CCCCCCCC[C@@H](O)C#CC#CCO. The summed E-state index contributed by atoms with van der Waals surface area (Å²) in [5.41, 5.74) is 0. The topological polar surface area (TPSA) is 40.5 Å². The Kier molecular flexibility index (Phi) is 19.6. The van der Waals surface area contributed by atoms with Crippen LogP contribution in [0.4, 0.5) is 0 Å². The number of rotatable bonds is 16. The van der Waals surface area contributed by atoms with Crippen LogP contribution < -0.4 is 0 Å². The summed E-state index contributed by atoms with van der Waals surface area (Å²) >= 11 is 0. The number of hydrogen-bond acceptors (Lipinski definition) is 2. The smallest absolute Gasteiger partial charge is 0.115 e. The Balaban J connectivity index is 3.35. The first kappa shape index (κ1) is 25.0. The van der Waals surface area contributed by atoms with Crippen LogP contribution in [-0.2, 0) is 0 Å². The Bertz CT molecular complexity index is 407. The van der Waals surface area contributed by atoms with Crippen molar-refractivity contribution in [1.82, 2.24) is 0 Å². The lowest BCUT2D eigenvalue weighted by Gasteiger charge is -2.11. The molecule has 150 valence electrons. The highest BCUT2D eigenvalue weighted by atomic mass is 16.3. The summed E-state index contributed by atoms with van der Waals surface area (Å²) in [5, 5.41) is 18.2. The van der Waals surface area contributed by atoms with Gasteiger partial charge in [0, 0.05) is 0 Å². The van der Waals surface area contributed by atoms with Crippen molar-refractivity contribution in [2.45, 2.75) is 116 Å². The molecule has 0 aromatic heterocycles. The fourth-order valence-electron chi connectivity index (χ4n) is 3.23. The third kappa shape index (κ3) is 19.4. The summed E-state index contributed by atoms with van der Waals surface area (Å²) in [5.74, 6) is 11.1. The van der Waals surface area contributed by atoms with Gasteiger partial charge in [0.15, 0.2) is 0 Å². The summed E-state index contributed by atoms with van der Waals surface area (Å²) in [7, 11) is 0. The Hall–Kier alpha value is -0.960. The van der Waals surface area contributed by atoms with Crippen molar-refractivity contribution in [3.63, 3.8) is 0 Å². The monoisotopic (exact) mass is 362 g/mol. The van der Waals surface area contributed by atoms with Gasteiger partial charge in [0.2, 0.25) is 0 Å². The quantitative estimate of drug-likeness (QED) is 0.267. The van der Waals surface area contributed by atoms with Gasteiger partial charge in [-0.15, -0.1) is 0 Å². The predicted octanol–water partition coefficient (Wildman–Crippen LogP) is 5.85. The molecule has 2 N–H and O–H groups in total. The molecule has 0 heterocycles. The first-order valence-corrected chi connectivity index (χ1v) is 11.0. The molecule has 0 rings (SSSR count). The molecule has 0 aliphatic carbocycles. The second kappa shape index (κ2) is 20.4. The third-order valence-corrected chi connectivity index (χ3v) is 4.94. The molecule has 2 nitrogen and oxygen atoms in total. The van der Waals surface area contributed by atoms with Crippen molar-refractivity contribution < 1.29 is 10.2 Å². The average Bonchev–Trinajstić information content (AvgIpc) is 2.64. The maximum absolute atomic E-state index is 9.68. The van der Waals surface area contributed by atoms with Crippen LogP contribution in [0.5, 0.6) is 0 Å². The Morgan fingerprint density at radius 3 is 1.73 bits per heavy atom. The van der Waals surface area contributed by atoms with E-state index >= 15 is 0 Å². The summed E-state index contributed by atoms with van der Waals surface area (Å²) in [6.45, 7) is 4.51. The molecule has 1 unspecified atom stereocenters. The molecular formula is C24H42O2. The van der Waals surface area contributed by atoms with Crippen LogP contribution in [0.3, 0.4) is 0 Å². The minimum absolute atomic E-state index is 0.178. The Labute approximate surface area is 163 Å². The molecular weight excluding hydrogens is 320 g/mol. The second-order valence-electron chi connectivity index (χ2n) is 7.61. The maximum Gasteiger partial charge on any atom is 0.115 e. The van der Waals surface area contributed by atoms with E-state index in [0.29, 0.717) is 0 Å². The van der Waals surface area contributed by atoms with Gasteiger partial charge >= 0.3 is 0 Å². The highest BCUT2D eigenvalue weighted by Gasteiger charge is 2.02. The zero-order chi connectivity index (χ0) is 19.3. The fraction of sp³-hybridized carbons (Fsp3) is 0.833. The lowest BCUT2D eigenvalue weighted by molar-refractivity contribution is 0.217. The highest BCUT2D eigenvalue weighted by molar-refractivity contribution is 5.27. The standard InChI is InChI=1S/C24H42O2/c1-3-4-5-6-9-13-18-23(2)19-14-10-7-8-11-15-20-24(26)21-16-12-17-22-25/h23-26H,3-11,13-15,18-20,22H2,1-2H3/t23?,24-/m1/s1. The zero-order valence-electron chi connectivity index (χ0n) is 17.4. The van der Waals surface area contributed by atoms with Crippen molar-refractivity contribution in [1.29, 1.82) is 0 Å². The van der Waals surface area contributed by atoms with Gasteiger partial charge < -0.3 is 10.2 Å². The van der Waals surface area contributed by atoms with E-state index < -0.39 is 6.10 Å². The molecule has 26 heavy (non-hydrogen) atoms. The summed E-state index contributed by atoms with van der Waals surface area (Å²) in [6.07, 6.45) is 18.9. The molecule has 2 heteroatoms. The van der Waals surface area contributed by atoms with Crippen LogP contribution in [0.1, 0.15) is 110 Å². The van der Waals surface area contributed by atoms with E-state index in [9.17, 15) is 5.11 Å². The lowest BCUT2D eigenvalue weighted by atomic mass is 9.96. The van der Waals surface area contributed by atoms with E-state index in [0.717, 1.165) is 18.8 Å². The highest BCUT2D eigenvalue weighted by Crippen LogP contribution is 2.18. The van der Waals surface area contributed by atoms with E-state index in [1.165, 1.54) is 83.5 Å². The molecule has 0 aromatic carbocycles. The lowest BCUT2D eigenvalue weighted by Crippen LogP contribution is -2.02. The molecule has 0 radical (unpaired) electrons. The van der Waals surface area contributed by atoms with Crippen LogP contribution in [0.2, 0.25) is 0 Å². The number of aliphatic hydroxyl groups excluding tert-OH is 2. The van der Waals surface area contributed by atoms with Crippen molar-refractivity contribution >= 4 is 0 Å². The molecule has 0 saturated carbocycles. The van der Waals surface area contributed by atoms with Crippen molar-refractivity contribution in [3.8, 4) is 23.7 Å². The van der Waals surface area contributed by atoms with Crippen molar-refractivity contribution in [3.05, 3.63) is 0 Å². The van der Waals surface area contributed by atoms with Crippen LogP contribution >= 0.6 is 0 Å². The van der Waals surface area contributed by atoms with Gasteiger partial charge in [-0.25, -0.2) is 0 Å². The first-order chi connectivity index (χ1) is 12.7. The average molecular weight is 363 g/mol.